The van der Waals surface area contributed by atoms with Crippen LogP contribution in [0.15, 0.2) is 0 Å². The highest BCUT2D eigenvalue weighted by Gasteiger charge is 1.96. The van der Waals surface area contributed by atoms with E-state index < -0.39 is 0 Å². The molecule has 0 spiro atoms. The summed E-state index contributed by atoms with van der Waals surface area (Å²) >= 11 is 11.0. The van der Waals surface area contributed by atoms with Gasteiger partial charge < -0.3 is 10.6 Å². The molecule has 0 heterocycles. The highest BCUT2D eigenvalue weighted by molar-refractivity contribution is 8.37. The van der Waals surface area contributed by atoms with Crippen LogP contribution in [-0.4, -0.2) is 22.7 Å². The molecule has 0 unspecified atom stereocenters. The lowest BCUT2D eigenvalue weighted by atomic mass is 11.2. The molecule has 0 saturated heterocycles. The summed E-state index contributed by atoms with van der Waals surface area (Å²) in [6, 6.07) is 0. The van der Waals surface area contributed by atoms with Gasteiger partial charge in [-0.15, -0.1) is 0 Å². The Morgan fingerprint density at radius 2 is 1.44 bits per heavy atom. The Hall–Kier alpha value is 0.130. The molecule has 0 aromatic carbocycles. The third kappa shape index (κ3) is 4.62. The zero-order valence-electron chi connectivity index (χ0n) is 5.22. The fourth-order valence-corrected chi connectivity index (χ4v) is 1.22. The van der Waals surface area contributed by atoms with Crippen LogP contribution in [0.25, 0.3) is 0 Å². The molecule has 0 atom stereocenters. The molecule has 0 saturated carbocycles. The summed E-state index contributed by atoms with van der Waals surface area (Å²) in [5, 5.41) is 5.59. The van der Waals surface area contributed by atoms with Gasteiger partial charge in [-0.25, -0.2) is 0 Å². The van der Waals surface area contributed by atoms with Crippen molar-refractivity contribution in [2.45, 2.75) is 0 Å². The van der Waals surface area contributed by atoms with E-state index in [4.69, 9.17) is 24.4 Å². The molecule has 0 fully saturated rings. The normalized spacial score (nSPS) is 8.22. The minimum atomic E-state index is 0.689. The van der Waals surface area contributed by atoms with E-state index in [0.717, 1.165) is 0 Å². The van der Waals surface area contributed by atoms with Crippen LogP contribution in [0.5, 0.6) is 0 Å². The highest BCUT2D eigenvalue weighted by Crippen LogP contribution is 2.01. The number of thiocarbonyl (C=S) groups is 2. The van der Waals surface area contributed by atoms with Gasteiger partial charge in [0.1, 0.15) is 8.64 Å². The molecule has 9 heavy (non-hydrogen) atoms. The van der Waals surface area contributed by atoms with Crippen LogP contribution in [-0.2, 0) is 0 Å². The average molecular weight is 180 g/mol. The number of hydrogen-bond acceptors (Lipinski definition) is 3. The summed E-state index contributed by atoms with van der Waals surface area (Å²) in [5.41, 5.74) is 0. The van der Waals surface area contributed by atoms with Crippen molar-refractivity contribution in [3.8, 4) is 0 Å². The smallest absolute Gasteiger partial charge is 0.140 e. The van der Waals surface area contributed by atoms with Gasteiger partial charge in [0.25, 0.3) is 0 Å². The van der Waals surface area contributed by atoms with Crippen LogP contribution in [0.4, 0.5) is 0 Å². The molecule has 0 amide bonds. The van der Waals surface area contributed by atoms with Crippen molar-refractivity contribution in [2.24, 2.45) is 0 Å². The van der Waals surface area contributed by atoms with Crippen molar-refractivity contribution in [3.63, 3.8) is 0 Å². The molecule has 0 aliphatic carbocycles. The Labute approximate surface area is 69.8 Å². The Morgan fingerprint density at radius 1 is 1.11 bits per heavy atom. The van der Waals surface area contributed by atoms with E-state index >= 15 is 0 Å². The maximum atomic E-state index is 4.82. The van der Waals surface area contributed by atoms with E-state index in [9.17, 15) is 0 Å². The van der Waals surface area contributed by atoms with Gasteiger partial charge in [0.15, 0.2) is 0 Å². The van der Waals surface area contributed by atoms with Crippen molar-refractivity contribution >= 4 is 44.8 Å². The second-order valence-corrected chi connectivity index (χ2v) is 3.53. The maximum Gasteiger partial charge on any atom is 0.140 e. The van der Waals surface area contributed by atoms with Crippen LogP contribution in [0.2, 0.25) is 0 Å². The highest BCUT2D eigenvalue weighted by atomic mass is 32.2. The second kappa shape index (κ2) is 4.96. The topological polar surface area (TPSA) is 24.1 Å². The van der Waals surface area contributed by atoms with E-state index in [1.165, 1.54) is 11.8 Å². The van der Waals surface area contributed by atoms with E-state index in [0.29, 0.717) is 8.64 Å². The number of nitrogens with one attached hydrogen (secondary N) is 2. The van der Waals surface area contributed by atoms with Gasteiger partial charge in [-0.3, -0.25) is 0 Å². The van der Waals surface area contributed by atoms with Crippen molar-refractivity contribution < 1.29 is 0 Å². The van der Waals surface area contributed by atoms with Crippen molar-refractivity contribution in [1.82, 2.24) is 10.6 Å². The van der Waals surface area contributed by atoms with Crippen molar-refractivity contribution in [1.29, 1.82) is 0 Å². The largest absolute Gasteiger partial charge is 0.374 e. The lowest BCUT2D eigenvalue weighted by Crippen LogP contribution is -2.19. The van der Waals surface area contributed by atoms with Gasteiger partial charge in [0, 0.05) is 14.1 Å². The Kier molecular flexibility index (Phi) is 5.03. The molecule has 0 rings (SSSR count). The summed E-state index contributed by atoms with van der Waals surface area (Å²) < 4.78 is 1.38. The number of hydrogen-bond donors (Lipinski definition) is 2. The molecule has 2 N–H and O–H groups in total. The predicted octanol–water partition coefficient (Wildman–Crippen LogP) is 0.728. The van der Waals surface area contributed by atoms with Gasteiger partial charge >= 0.3 is 0 Å². The standard InChI is InChI=1S/C4H8N2S3/c1-5-3(7)9-4(8)6-2/h1-2H3,(H,5,7)(H,6,8). The fourth-order valence-electron chi connectivity index (χ4n) is 0.186. The average Bonchev–Trinajstić information content (AvgIpc) is 1.87. The van der Waals surface area contributed by atoms with Gasteiger partial charge in [-0.1, -0.05) is 24.4 Å². The SMILES string of the molecule is CNC(=S)SC(=S)NC. The molecule has 52 valence electrons. The molecule has 0 radical (unpaired) electrons. The molecular formula is C4H8N2S3. The minimum Gasteiger partial charge on any atom is -0.374 e. The summed E-state index contributed by atoms with van der Waals surface area (Å²) in [5.74, 6) is 0. The molecule has 5 heteroatoms. The van der Waals surface area contributed by atoms with Crippen LogP contribution in [0.3, 0.4) is 0 Å². The first-order valence-electron chi connectivity index (χ1n) is 2.32. The van der Waals surface area contributed by atoms with Gasteiger partial charge in [0.05, 0.1) is 0 Å². The quantitative estimate of drug-likeness (QED) is 0.535. The zero-order valence-corrected chi connectivity index (χ0v) is 7.67. The van der Waals surface area contributed by atoms with Crippen molar-refractivity contribution in [3.05, 3.63) is 0 Å². The maximum absolute atomic E-state index is 4.82. The summed E-state index contributed by atoms with van der Waals surface area (Å²) in [6.45, 7) is 0. The summed E-state index contributed by atoms with van der Waals surface area (Å²) in [4.78, 5) is 0. The van der Waals surface area contributed by atoms with E-state index in [1.807, 2.05) is 0 Å². The van der Waals surface area contributed by atoms with Gasteiger partial charge in [-0.05, 0) is 11.8 Å². The third-order valence-electron chi connectivity index (χ3n) is 0.594. The molecular weight excluding hydrogens is 172 g/mol. The summed E-state index contributed by atoms with van der Waals surface area (Å²) in [7, 11) is 3.54. The molecule has 0 aliphatic heterocycles. The monoisotopic (exact) mass is 180 g/mol. The Balaban J connectivity index is 3.47. The lowest BCUT2D eigenvalue weighted by Gasteiger charge is -2.01. The molecule has 0 aliphatic rings. The van der Waals surface area contributed by atoms with E-state index in [2.05, 4.69) is 10.6 Å². The first kappa shape index (κ1) is 9.13. The van der Waals surface area contributed by atoms with Crippen LogP contribution >= 0.6 is 36.2 Å². The van der Waals surface area contributed by atoms with Crippen LogP contribution in [0.1, 0.15) is 0 Å². The molecule has 2 nitrogen and oxygen atoms in total. The Bertz CT molecular complexity index is 109. The first-order chi connectivity index (χ1) is 4.20. The zero-order chi connectivity index (χ0) is 7.28. The van der Waals surface area contributed by atoms with Gasteiger partial charge in [0.2, 0.25) is 0 Å². The summed E-state index contributed by atoms with van der Waals surface area (Å²) in [6.07, 6.45) is 0. The molecule has 0 aromatic heterocycles. The van der Waals surface area contributed by atoms with Crippen LogP contribution in [0, 0.1) is 0 Å². The predicted molar refractivity (Wildman–Crippen MR) is 50.9 cm³/mol. The minimum absolute atomic E-state index is 0.689. The number of rotatable bonds is 0. The first-order valence-corrected chi connectivity index (χ1v) is 3.95. The lowest BCUT2D eigenvalue weighted by molar-refractivity contribution is 1.22. The molecule has 0 bridgehead atoms. The number of thioether (sulfide) groups is 1. The molecule has 0 aromatic rings. The van der Waals surface area contributed by atoms with Crippen molar-refractivity contribution in [2.75, 3.05) is 14.1 Å². The third-order valence-corrected chi connectivity index (χ3v) is 2.28. The fraction of sp³-hybridized carbons (Fsp3) is 0.500. The van der Waals surface area contributed by atoms with E-state index in [-0.39, 0.29) is 0 Å². The second-order valence-electron chi connectivity index (χ2n) is 1.18. The van der Waals surface area contributed by atoms with Gasteiger partial charge in [-0.2, -0.15) is 0 Å². The van der Waals surface area contributed by atoms with E-state index in [1.54, 1.807) is 14.1 Å². The Morgan fingerprint density at radius 3 is 1.67 bits per heavy atom. The van der Waals surface area contributed by atoms with Crippen LogP contribution < -0.4 is 10.6 Å².